The monoisotopic (exact) mass is 251 g/mol. The molecule has 0 fully saturated rings. The third-order valence-corrected chi connectivity index (χ3v) is 1.86. The fourth-order valence-electron chi connectivity index (χ4n) is 1.25. The van der Waals surface area contributed by atoms with Gasteiger partial charge in [-0.3, -0.25) is 10.1 Å². The van der Waals surface area contributed by atoms with E-state index in [-0.39, 0.29) is 12.4 Å². The zero-order valence-electron chi connectivity index (χ0n) is 8.61. The Morgan fingerprint density at radius 3 is 2.47 bits per heavy atom. The SMILES string of the molecule is CCOc1cc(O)c([N+](=O)[O-])c(C(F)(F)F)c1. The average molecular weight is 251 g/mol. The van der Waals surface area contributed by atoms with Crippen molar-refractivity contribution < 1.29 is 27.9 Å². The summed E-state index contributed by atoms with van der Waals surface area (Å²) < 4.78 is 42.4. The molecule has 0 saturated carbocycles. The Balaban J connectivity index is 3.45. The molecule has 0 amide bonds. The fourth-order valence-corrected chi connectivity index (χ4v) is 1.25. The summed E-state index contributed by atoms with van der Waals surface area (Å²) in [7, 11) is 0. The molecular weight excluding hydrogens is 243 g/mol. The maximum Gasteiger partial charge on any atom is 0.423 e. The Morgan fingerprint density at radius 1 is 1.47 bits per heavy atom. The summed E-state index contributed by atoms with van der Waals surface area (Å²) in [5.41, 5.74) is -2.91. The van der Waals surface area contributed by atoms with Crippen LogP contribution in [0.3, 0.4) is 0 Å². The van der Waals surface area contributed by atoms with E-state index in [1.54, 1.807) is 0 Å². The fraction of sp³-hybridized carbons (Fsp3) is 0.333. The van der Waals surface area contributed by atoms with Crippen LogP contribution in [0.15, 0.2) is 12.1 Å². The van der Waals surface area contributed by atoms with Gasteiger partial charge in [0.25, 0.3) is 0 Å². The van der Waals surface area contributed by atoms with Crippen molar-refractivity contribution in [1.82, 2.24) is 0 Å². The van der Waals surface area contributed by atoms with E-state index in [4.69, 9.17) is 4.74 Å². The molecule has 0 radical (unpaired) electrons. The highest BCUT2D eigenvalue weighted by molar-refractivity contribution is 5.57. The normalized spacial score (nSPS) is 11.3. The summed E-state index contributed by atoms with van der Waals surface area (Å²) in [4.78, 5) is 9.18. The lowest BCUT2D eigenvalue weighted by atomic mass is 10.1. The Bertz CT molecular complexity index is 445. The van der Waals surface area contributed by atoms with Crippen LogP contribution in [0.25, 0.3) is 0 Å². The van der Waals surface area contributed by atoms with Crippen molar-refractivity contribution in [2.45, 2.75) is 13.1 Å². The van der Waals surface area contributed by atoms with Crippen molar-refractivity contribution in [1.29, 1.82) is 0 Å². The van der Waals surface area contributed by atoms with E-state index in [1.165, 1.54) is 6.92 Å². The van der Waals surface area contributed by atoms with Gasteiger partial charge in [-0.1, -0.05) is 0 Å². The molecule has 8 heteroatoms. The maximum atomic E-state index is 12.5. The molecule has 1 aromatic carbocycles. The third kappa shape index (κ3) is 2.77. The first kappa shape index (κ1) is 13.1. The van der Waals surface area contributed by atoms with E-state index in [9.17, 15) is 28.4 Å². The number of rotatable bonds is 3. The quantitative estimate of drug-likeness (QED) is 0.662. The highest BCUT2D eigenvalue weighted by Gasteiger charge is 2.41. The van der Waals surface area contributed by atoms with Crippen LogP contribution in [0.2, 0.25) is 0 Å². The van der Waals surface area contributed by atoms with Gasteiger partial charge in [0, 0.05) is 6.07 Å². The number of hydrogen-bond donors (Lipinski definition) is 1. The molecule has 0 bridgehead atoms. The molecule has 0 atom stereocenters. The van der Waals surface area contributed by atoms with Crippen LogP contribution in [-0.2, 0) is 6.18 Å². The minimum atomic E-state index is -4.94. The smallest absolute Gasteiger partial charge is 0.423 e. The molecule has 94 valence electrons. The minimum Gasteiger partial charge on any atom is -0.502 e. The summed E-state index contributed by atoms with van der Waals surface area (Å²) in [5, 5.41) is 19.7. The topological polar surface area (TPSA) is 72.6 Å². The number of aromatic hydroxyl groups is 1. The molecule has 17 heavy (non-hydrogen) atoms. The first-order chi connectivity index (χ1) is 7.77. The van der Waals surface area contributed by atoms with Crippen LogP contribution in [0.5, 0.6) is 11.5 Å². The molecule has 0 unspecified atom stereocenters. The predicted octanol–water partition coefficient (Wildman–Crippen LogP) is 2.72. The Labute approximate surface area is 93.6 Å². The second kappa shape index (κ2) is 4.48. The van der Waals surface area contributed by atoms with E-state index in [0.29, 0.717) is 6.07 Å². The van der Waals surface area contributed by atoms with Gasteiger partial charge in [0.1, 0.15) is 11.3 Å². The lowest BCUT2D eigenvalue weighted by molar-refractivity contribution is -0.389. The van der Waals surface area contributed by atoms with Crippen molar-refractivity contribution in [3.05, 3.63) is 27.8 Å². The summed E-state index contributed by atoms with van der Waals surface area (Å²) in [6.45, 7) is 1.61. The average Bonchev–Trinajstić information content (AvgIpc) is 2.15. The van der Waals surface area contributed by atoms with E-state index in [0.717, 1.165) is 6.07 Å². The minimum absolute atomic E-state index is 0.0779. The number of nitro benzene ring substituents is 1. The molecule has 0 saturated heterocycles. The molecule has 1 aromatic rings. The Hall–Kier alpha value is -1.99. The molecule has 1 N–H and O–H groups in total. The van der Waals surface area contributed by atoms with Gasteiger partial charge in [-0.05, 0) is 13.0 Å². The molecule has 5 nitrogen and oxygen atoms in total. The van der Waals surface area contributed by atoms with Crippen LogP contribution in [0, 0.1) is 10.1 Å². The van der Waals surface area contributed by atoms with Crippen LogP contribution in [0.4, 0.5) is 18.9 Å². The van der Waals surface area contributed by atoms with Gasteiger partial charge in [0.15, 0.2) is 5.75 Å². The first-order valence-electron chi connectivity index (χ1n) is 4.48. The van der Waals surface area contributed by atoms with E-state index >= 15 is 0 Å². The molecule has 0 aliphatic heterocycles. The zero-order chi connectivity index (χ0) is 13.2. The number of nitrogens with zero attached hydrogens (tertiary/aromatic N) is 1. The molecule has 0 aromatic heterocycles. The first-order valence-corrected chi connectivity index (χ1v) is 4.48. The van der Waals surface area contributed by atoms with Crippen LogP contribution in [-0.4, -0.2) is 16.6 Å². The van der Waals surface area contributed by atoms with Crippen molar-refractivity contribution in [2.75, 3.05) is 6.61 Å². The molecule has 0 aliphatic carbocycles. The third-order valence-electron chi connectivity index (χ3n) is 1.86. The van der Waals surface area contributed by atoms with Crippen LogP contribution < -0.4 is 4.74 Å². The largest absolute Gasteiger partial charge is 0.502 e. The number of nitro groups is 1. The van der Waals surface area contributed by atoms with Gasteiger partial charge in [-0.15, -0.1) is 0 Å². The Kier molecular flexibility index (Phi) is 3.45. The lowest BCUT2D eigenvalue weighted by Crippen LogP contribution is -2.09. The van der Waals surface area contributed by atoms with Crippen molar-refractivity contribution in [3.8, 4) is 11.5 Å². The number of ether oxygens (including phenoxy) is 1. The number of alkyl halides is 3. The van der Waals surface area contributed by atoms with Crippen molar-refractivity contribution in [2.24, 2.45) is 0 Å². The lowest BCUT2D eigenvalue weighted by Gasteiger charge is -2.11. The number of phenols is 1. The van der Waals surface area contributed by atoms with Crippen molar-refractivity contribution >= 4 is 5.69 Å². The van der Waals surface area contributed by atoms with Gasteiger partial charge >= 0.3 is 11.9 Å². The predicted molar refractivity (Wildman–Crippen MR) is 50.9 cm³/mol. The van der Waals surface area contributed by atoms with Gasteiger partial charge in [0.2, 0.25) is 0 Å². The molecule has 0 spiro atoms. The Morgan fingerprint density at radius 2 is 2.06 bits per heavy atom. The van der Waals surface area contributed by atoms with Gasteiger partial charge in [-0.2, -0.15) is 13.2 Å². The molecule has 0 heterocycles. The second-order valence-electron chi connectivity index (χ2n) is 3.03. The van der Waals surface area contributed by atoms with Gasteiger partial charge < -0.3 is 9.84 Å². The van der Waals surface area contributed by atoms with E-state index in [1.807, 2.05) is 0 Å². The van der Waals surface area contributed by atoms with E-state index < -0.39 is 28.1 Å². The summed E-state index contributed by atoms with van der Waals surface area (Å²) >= 11 is 0. The number of benzene rings is 1. The highest BCUT2D eigenvalue weighted by atomic mass is 19.4. The summed E-state index contributed by atoms with van der Waals surface area (Å²) in [5.74, 6) is -1.35. The summed E-state index contributed by atoms with van der Waals surface area (Å²) in [6.07, 6.45) is -4.94. The zero-order valence-corrected chi connectivity index (χ0v) is 8.61. The summed E-state index contributed by atoms with van der Waals surface area (Å²) in [6, 6.07) is 1.26. The van der Waals surface area contributed by atoms with Crippen LogP contribution >= 0.6 is 0 Å². The molecule has 0 aliphatic rings. The second-order valence-corrected chi connectivity index (χ2v) is 3.03. The number of halogens is 3. The van der Waals surface area contributed by atoms with Gasteiger partial charge in [-0.25, -0.2) is 0 Å². The molecule has 1 rings (SSSR count). The number of phenolic OH excluding ortho intramolecular Hbond substituents is 1. The number of hydrogen-bond acceptors (Lipinski definition) is 4. The maximum absolute atomic E-state index is 12.5. The van der Waals surface area contributed by atoms with E-state index in [2.05, 4.69) is 0 Å². The standard InChI is InChI=1S/C9H8F3NO4/c1-2-17-5-3-6(9(10,11)12)8(13(15)16)7(14)4-5/h3-4,14H,2H2,1H3. The van der Waals surface area contributed by atoms with Crippen molar-refractivity contribution in [3.63, 3.8) is 0 Å². The highest BCUT2D eigenvalue weighted by Crippen LogP contribution is 2.43. The molecular formula is C9H8F3NO4. The van der Waals surface area contributed by atoms with Crippen LogP contribution in [0.1, 0.15) is 12.5 Å². The van der Waals surface area contributed by atoms with Gasteiger partial charge in [0.05, 0.1) is 11.5 Å².